The monoisotopic (exact) mass is 333 g/mol. The summed E-state index contributed by atoms with van der Waals surface area (Å²) in [5.41, 5.74) is 0.270. The van der Waals surface area contributed by atoms with Crippen molar-refractivity contribution < 1.29 is 23.9 Å². The zero-order valence-electron chi connectivity index (χ0n) is 14.3. The second-order valence-electron chi connectivity index (χ2n) is 6.37. The fraction of sp³-hybridized carbons (Fsp3) is 0.500. The minimum Gasteiger partial charge on any atom is -0.469 e. The number of amides is 2. The van der Waals surface area contributed by atoms with Crippen molar-refractivity contribution >= 4 is 18.0 Å². The lowest BCUT2D eigenvalue weighted by Gasteiger charge is -2.28. The number of carbonyl (C=O) groups excluding carboxylic acids is 3. The van der Waals surface area contributed by atoms with Crippen LogP contribution in [0.4, 0.5) is 4.79 Å². The van der Waals surface area contributed by atoms with Crippen molar-refractivity contribution in [1.82, 2.24) is 4.90 Å². The van der Waals surface area contributed by atoms with Crippen molar-refractivity contribution in [3.8, 4) is 0 Å². The Bertz CT molecular complexity index is 611. The molecule has 0 spiro atoms. The van der Waals surface area contributed by atoms with Crippen LogP contribution in [0.25, 0.3) is 0 Å². The van der Waals surface area contributed by atoms with Gasteiger partial charge in [-0.05, 0) is 32.3 Å². The predicted octanol–water partition coefficient (Wildman–Crippen LogP) is 2.70. The first-order valence-electron chi connectivity index (χ1n) is 8.01. The molecule has 2 rings (SSSR count). The summed E-state index contributed by atoms with van der Waals surface area (Å²) < 4.78 is 9.95. The van der Waals surface area contributed by atoms with Gasteiger partial charge in [0.05, 0.1) is 13.2 Å². The Morgan fingerprint density at radius 3 is 2.50 bits per heavy atom. The Labute approximate surface area is 141 Å². The highest BCUT2D eigenvalue weighted by atomic mass is 16.6. The molecule has 1 heterocycles. The number of benzene rings is 1. The lowest BCUT2D eigenvalue weighted by Crippen LogP contribution is -2.46. The standard InChI is InChI=1S/C18H23NO5/c1-18(2)14(12-13-8-5-4-6-9-13)19(17(22)24-18)15(20)10-7-11-16(21)23-3/h4-6,8-9,14H,7,10-12H2,1-3H3/t14-/m0/s1. The first-order valence-corrected chi connectivity index (χ1v) is 8.01. The first-order chi connectivity index (χ1) is 11.3. The summed E-state index contributed by atoms with van der Waals surface area (Å²) in [4.78, 5) is 37.0. The maximum atomic E-state index is 12.5. The van der Waals surface area contributed by atoms with E-state index in [4.69, 9.17) is 4.74 Å². The highest BCUT2D eigenvalue weighted by Crippen LogP contribution is 2.32. The van der Waals surface area contributed by atoms with E-state index in [0.717, 1.165) is 5.56 Å². The van der Waals surface area contributed by atoms with Crippen molar-refractivity contribution in [2.45, 2.75) is 51.2 Å². The van der Waals surface area contributed by atoms with Gasteiger partial charge in [0.15, 0.2) is 0 Å². The van der Waals surface area contributed by atoms with E-state index in [1.54, 1.807) is 13.8 Å². The number of nitrogens with zero attached hydrogens (tertiary/aromatic N) is 1. The largest absolute Gasteiger partial charge is 0.469 e. The third kappa shape index (κ3) is 4.13. The van der Waals surface area contributed by atoms with Gasteiger partial charge < -0.3 is 9.47 Å². The summed E-state index contributed by atoms with van der Waals surface area (Å²) >= 11 is 0. The zero-order chi connectivity index (χ0) is 17.7. The second kappa shape index (κ2) is 7.47. The Balaban J connectivity index is 2.08. The molecule has 1 aliphatic heterocycles. The van der Waals surface area contributed by atoms with Gasteiger partial charge in [0.2, 0.25) is 5.91 Å². The Morgan fingerprint density at radius 1 is 1.21 bits per heavy atom. The molecule has 0 aliphatic carbocycles. The molecular formula is C18H23NO5. The number of ether oxygens (including phenoxy) is 2. The summed E-state index contributed by atoms with van der Waals surface area (Å²) in [6, 6.07) is 9.29. The van der Waals surface area contributed by atoms with E-state index < -0.39 is 11.7 Å². The summed E-state index contributed by atoms with van der Waals surface area (Å²) in [6.45, 7) is 3.61. The fourth-order valence-corrected chi connectivity index (χ4v) is 2.84. The van der Waals surface area contributed by atoms with Crippen LogP contribution < -0.4 is 0 Å². The van der Waals surface area contributed by atoms with Gasteiger partial charge in [-0.25, -0.2) is 9.69 Å². The van der Waals surface area contributed by atoms with E-state index >= 15 is 0 Å². The lowest BCUT2D eigenvalue weighted by atomic mass is 9.92. The Hall–Kier alpha value is -2.37. The van der Waals surface area contributed by atoms with Crippen LogP contribution in [0, 0.1) is 0 Å². The Morgan fingerprint density at radius 2 is 1.88 bits per heavy atom. The highest BCUT2D eigenvalue weighted by Gasteiger charge is 2.50. The SMILES string of the molecule is COC(=O)CCCC(=O)N1C(=O)OC(C)(C)[C@@H]1Cc1ccccc1. The fourth-order valence-electron chi connectivity index (χ4n) is 2.84. The van der Waals surface area contributed by atoms with Gasteiger partial charge in [0.1, 0.15) is 5.60 Å². The molecule has 1 fully saturated rings. The van der Waals surface area contributed by atoms with Crippen LogP contribution in [0.3, 0.4) is 0 Å². The first kappa shape index (κ1) is 18.0. The molecule has 6 heteroatoms. The van der Waals surface area contributed by atoms with Crippen LogP contribution in [-0.4, -0.2) is 41.6 Å². The summed E-state index contributed by atoms with van der Waals surface area (Å²) in [5, 5.41) is 0. The van der Waals surface area contributed by atoms with Gasteiger partial charge in [-0.15, -0.1) is 0 Å². The van der Waals surface area contributed by atoms with Crippen molar-refractivity contribution in [2.24, 2.45) is 0 Å². The number of imide groups is 1. The van der Waals surface area contributed by atoms with Crippen LogP contribution >= 0.6 is 0 Å². The summed E-state index contributed by atoms with van der Waals surface area (Å²) in [6.07, 6.45) is 0.503. The topological polar surface area (TPSA) is 72.9 Å². The van der Waals surface area contributed by atoms with E-state index in [1.165, 1.54) is 12.0 Å². The minimum atomic E-state index is -0.759. The molecular weight excluding hydrogens is 310 g/mol. The van der Waals surface area contributed by atoms with Gasteiger partial charge in [-0.3, -0.25) is 9.59 Å². The van der Waals surface area contributed by atoms with Crippen LogP contribution in [-0.2, 0) is 25.5 Å². The number of methoxy groups -OCH3 is 1. The predicted molar refractivity (Wildman–Crippen MR) is 87.2 cm³/mol. The van der Waals surface area contributed by atoms with E-state index in [-0.39, 0.29) is 30.8 Å². The summed E-state index contributed by atoms with van der Waals surface area (Å²) in [7, 11) is 1.31. The molecule has 0 bridgehead atoms. The quantitative estimate of drug-likeness (QED) is 0.748. The van der Waals surface area contributed by atoms with Crippen LogP contribution in [0.2, 0.25) is 0 Å². The van der Waals surface area contributed by atoms with E-state index in [0.29, 0.717) is 12.8 Å². The lowest BCUT2D eigenvalue weighted by molar-refractivity contribution is -0.140. The number of hydrogen-bond acceptors (Lipinski definition) is 5. The number of esters is 1. The third-order valence-electron chi connectivity index (χ3n) is 4.20. The molecule has 2 amide bonds. The van der Waals surface area contributed by atoms with Crippen LogP contribution in [0.1, 0.15) is 38.7 Å². The van der Waals surface area contributed by atoms with Crippen LogP contribution in [0.15, 0.2) is 30.3 Å². The molecule has 1 saturated heterocycles. The number of carbonyl (C=O) groups is 3. The van der Waals surface area contributed by atoms with Crippen LogP contribution in [0.5, 0.6) is 0 Å². The average molecular weight is 333 g/mol. The molecule has 0 saturated carbocycles. The van der Waals surface area contributed by atoms with E-state index in [2.05, 4.69) is 4.74 Å². The molecule has 130 valence electrons. The minimum absolute atomic E-state index is 0.103. The second-order valence-corrected chi connectivity index (χ2v) is 6.37. The molecule has 0 unspecified atom stereocenters. The van der Waals surface area contributed by atoms with Gasteiger partial charge in [-0.2, -0.15) is 0 Å². The number of hydrogen-bond donors (Lipinski definition) is 0. The van der Waals surface area contributed by atoms with Gasteiger partial charge >= 0.3 is 12.1 Å². The van der Waals surface area contributed by atoms with Crippen molar-refractivity contribution in [2.75, 3.05) is 7.11 Å². The average Bonchev–Trinajstić information content (AvgIpc) is 2.76. The number of cyclic esters (lactones) is 1. The van der Waals surface area contributed by atoms with Crippen molar-refractivity contribution in [3.63, 3.8) is 0 Å². The van der Waals surface area contributed by atoms with E-state index in [9.17, 15) is 14.4 Å². The van der Waals surface area contributed by atoms with Crippen molar-refractivity contribution in [1.29, 1.82) is 0 Å². The number of rotatable bonds is 6. The normalized spacial score (nSPS) is 19.0. The molecule has 24 heavy (non-hydrogen) atoms. The molecule has 0 N–H and O–H groups in total. The molecule has 1 aromatic carbocycles. The molecule has 1 atom stereocenters. The molecule has 1 aromatic rings. The van der Waals surface area contributed by atoms with Crippen molar-refractivity contribution in [3.05, 3.63) is 35.9 Å². The summed E-state index contributed by atoms with van der Waals surface area (Å²) in [5.74, 6) is -0.691. The molecule has 6 nitrogen and oxygen atoms in total. The maximum absolute atomic E-state index is 12.5. The third-order valence-corrected chi connectivity index (χ3v) is 4.20. The maximum Gasteiger partial charge on any atom is 0.417 e. The smallest absolute Gasteiger partial charge is 0.417 e. The molecule has 1 aliphatic rings. The Kier molecular flexibility index (Phi) is 5.59. The zero-order valence-corrected chi connectivity index (χ0v) is 14.3. The van der Waals surface area contributed by atoms with E-state index in [1.807, 2.05) is 30.3 Å². The van der Waals surface area contributed by atoms with Gasteiger partial charge in [-0.1, -0.05) is 30.3 Å². The van der Waals surface area contributed by atoms with Gasteiger partial charge in [0, 0.05) is 12.8 Å². The molecule has 0 aromatic heterocycles. The van der Waals surface area contributed by atoms with Gasteiger partial charge in [0.25, 0.3) is 0 Å². The molecule has 0 radical (unpaired) electrons. The highest BCUT2D eigenvalue weighted by molar-refractivity contribution is 5.94.